The summed E-state index contributed by atoms with van der Waals surface area (Å²) in [5.41, 5.74) is 2.11. The summed E-state index contributed by atoms with van der Waals surface area (Å²) < 4.78 is 21.4. The van der Waals surface area contributed by atoms with E-state index in [9.17, 15) is 14.7 Å². The number of phenolic OH excluding ortho intramolecular Hbond substituents is 1. The molecule has 4 aromatic rings. The van der Waals surface area contributed by atoms with Gasteiger partial charge in [0.05, 0.1) is 24.9 Å². The molecule has 0 aliphatic rings. The normalized spacial score (nSPS) is 11.1. The maximum absolute atomic E-state index is 12.4. The van der Waals surface area contributed by atoms with E-state index in [1.165, 1.54) is 18.4 Å². The highest BCUT2D eigenvalue weighted by atomic mass is 16.5. The van der Waals surface area contributed by atoms with Crippen molar-refractivity contribution < 1.29 is 33.0 Å². The molecule has 1 N–H and O–H groups in total. The van der Waals surface area contributed by atoms with Crippen molar-refractivity contribution in [1.29, 1.82) is 0 Å². The number of carbonyl (C=O) groups is 2. The lowest BCUT2D eigenvalue weighted by Gasteiger charge is -2.05. The largest absolute Gasteiger partial charge is 0.508 e. The Bertz CT molecular complexity index is 1200. The first-order chi connectivity index (χ1) is 14.1. The molecule has 0 saturated heterocycles. The molecule has 0 saturated carbocycles. The zero-order valence-corrected chi connectivity index (χ0v) is 15.6. The average molecular weight is 394 g/mol. The summed E-state index contributed by atoms with van der Waals surface area (Å²) in [7, 11) is 0. The third-order valence-corrected chi connectivity index (χ3v) is 4.51. The third kappa shape index (κ3) is 3.67. The molecule has 2 heterocycles. The number of fused-ring (bicyclic) bond motifs is 2. The number of hydrogen-bond acceptors (Lipinski definition) is 7. The summed E-state index contributed by atoms with van der Waals surface area (Å²) in [6.45, 7) is 1.79. The lowest BCUT2D eigenvalue weighted by atomic mass is 10.1. The van der Waals surface area contributed by atoms with E-state index in [0.717, 1.165) is 5.39 Å². The monoisotopic (exact) mass is 394 g/mol. The molecule has 148 valence electrons. The standard InChI is InChI=1S/C22H18O7/c1-2-26-22(25)21-17(16-5-3-4-6-18(16)29-21)12-28-20(24)9-13-11-27-19-10-14(23)7-8-15(13)19/h3-8,10-11,23H,2,9,12H2,1H3. The SMILES string of the molecule is CCOC(=O)c1oc2ccccc2c1COC(=O)Cc1coc2cc(O)ccc12. The van der Waals surface area contributed by atoms with Gasteiger partial charge in [0.2, 0.25) is 5.76 Å². The van der Waals surface area contributed by atoms with E-state index >= 15 is 0 Å². The van der Waals surface area contributed by atoms with Crippen LogP contribution in [0.15, 0.2) is 57.6 Å². The third-order valence-electron chi connectivity index (χ3n) is 4.51. The molecule has 0 aliphatic heterocycles. The van der Waals surface area contributed by atoms with Gasteiger partial charge in [0.15, 0.2) is 0 Å². The van der Waals surface area contributed by atoms with Crippen LogP contribution in [0.1, 0.15) is 28.6 Å². The lowest BCUT2D eigenvalue weighted by molar-refractivity contribution is -0.144. The van der Waals surface area contributed by atoms with E-state index in [2.05, 4.69) is 0 Å². The van der Waals surface area contributed by atoms with Crippen molar-refractivity contribution in [2.75, 3.05) is 6.61 Å². The van der Waals surface area contributed by atoms with E-state index in [1.54, 1.807) is 31.2 Å². The zero-order valence-electron chi connectivity index (χ0n) is 15.6. The fourth-order valence-corrected chi connectivity index (χ4v) is 3.17. The first-order valence-corrected chi connectivity index (χ1v) is 9.09. The first kappa shape index (κ1) is 18.6. The Balaban J connectivity index is 1.53. The van der Waals surface area contributed by atoms with Crippen LogP contribution in [0.3, 0.4) is 0 Å². The number of phenols is 1. The van der Waals surface area contributed by atoms with Crippen LogP contribution in [-0.2, 0) is 27.3 Å². The van der Waals surface area contributed by atoms with Crippen LogP contribution in [0.25, 0.3) is 21.9 Å². The molecule has 0 spiro atoms. The fraction of sp³-hybridized carbons (Fsp3) is 0.182. The smallest absolute Gasteiger partial charge is 0.374 e. The van der Waals surface area contributed by atoms with E-state index in [4.69, 9.17) is 18.3 Å². The van der Waals surface area contributed by atoms with Gasteiger partial charge < -0.3 is 23.4 Å². The number of esters is 2. The van der Waals surface area contributed by atoms with Gasteiger partial charge in [-0.3, -0.25) is 4.79 Å². The number of aromatic hydroxyl groups is 1. The van der Waals surface area contributed by atoms with Crippen LogP contribution in [-0.4, -0.2) is 23.7 Å². The Labute approximate surface area is 165 Å². The van der Waals surface area contributed by atoms with E-state index < -0.39 is 11.9 Å². The lowest BCUT2D eigenvalue weighted by Crippen LogP contribution is -2.11. The second-order valence-corrected chi connectivity index (χ2v) is 6.41. The van der Waals surface area contributed by atoms with Crippen LogP contribution in [0.5, 0.6) is 5.75 Å². The minimum Gasteiger partial charge on any atom is -0.508 e. The maximum Gasteiger partial charge on any atom is 0.374 e. The van der Waals surface area contributed by atoms with Crippen molar-refractivity contribution in [2.24, 2.45) is 0 Å². The van der Waals surface area contributed by atoms with Crippen LogP contribution >= 0.6 is 0 Å². The Kier molecular flexibility index (Phi) is 4.95. The van der Waals surface area contributed by atoms with Crippen LogP contribution in [0.2, 0.25) is 0 Å². The van der Waals surface area contributed by atoms with E-state index in [0.29, 0.717) is 27.7 Å². The second-order valence-electron chi connectivity index (χ2n) is 6.41. The quantitative estimate of drug-likeness (QED) is 0.485. The number of rotatable bonds is 6. The van der Waals surface area contributed by atoms with Gasteiger partial charge in [0.1, 0.15) is 23.5 Å². The second kappa shape index (κ2) is 7.71. The molecule has 2 aromatic carbocycles. The number of carbonyl (C=O) groups excluding carboxylic acids is 2. The van der Waals surface area contributed by atoms with Gasteiger partial charge in [-0.15, -0.1) is 0 Å². The highest BCUT2D eigenvalue weighted by molar-refractivity contribution is 5.96. The summed E-state index contributed by atoms with van der Waals surface area (Å²) in [4.78, 5) is 24.6. The van der Waals surface area contributed by atoms with Crippen molar-refractivity contribution >= 4 is 33.9 Å². The molecule has 0 aliphatic carbocycles. The maximum atomic E-state index is 12.4. The summed E-state index contributed by atoms with van der Waals surface area (Å²) in [5.74, 6) is -0.972. The molecule has 0 radical (unpaired) electrons. The highest BCUT2D eigenvalue weighted by Crippen LogP contribution is 2.28. The summed E-state index contributed by atoms with van der Waals surface area (Å²) in [6.07, 6.45) is 1.45. The number of furan rings is 2. The number of benzene rings is 2. The molecule has 7 nitrogen and oxygen atoms in total. The van der Waals surface area contributed by atoms with Gasteiger partial charge in [-0.25, -0.2) is 4.79 Å². The highest BCUT2D eigenvalue weighted by Gasteiger charge is 2.23. The zero-order chi connectivity index (χ0) is 20.4. The van der Waals surface area contributed by atoms with Crippen LogP contribution < -0.4 is 0 Å². The molecule has 0 amide bonds. The van der Waals surface area contributed by atoms with E-state index in [-0.39, 0.29) is 31.1 Å². The summed E-state index contributed by atoms with van der Waals surface area (Å²) in [6, 6.07) is 11.8. The van der Waals surface area contributed by atoms with Gasteiger partial charge in [0.25, 0.3) is 0 Å². The van der Waals surface area contributed by atoms with Crippen molar-refractivity contribution in [3.8, 4) is 5.75 Å². The first-order valence-electron chi connectivity index (χ1n) is 9.09. The van der Waals surface area contributed by atoms with Crippen LogP contribution in [0, 0.1) is 0 Å². The summed E-state index contributed by atoms with van der Waals surface area (Å²) >= 11 is 0. The Morgan fingerprint density at radius 1 is 1.03 bits per heavy atom. The molecule has 0 atom stereocenters. The summed E-state index contributed by atoms with van der Waals surface area (Å²) in [5, 5.41) is 10.9. The minimum absolute atomic E-state index is 0.0116. The molecule has 0 fully saturated rings. The average Bonchev–Trinajstić information content (AvgIpc) is 3.27. The molecular weight excluding hydrogens is 376 g/mol. The minimum atomic E-state index is -0.601. The molecule has 7 heteroatoms. The molecule has 4 rings (SSSR count). The molecule has 2 aromatic heterocycles. The van der Waals surface area contributed by atoms with Gasteiger partial charge in [0, 0.05) is 22.4 Å². The number of ether oxygens (including phenoxy) is 2. The Morgan fingerprint density at radius 3 is 2.69 bits per heavy atom. The predicted molar refractivity (Wildman–Crippen MR) is 104 cm³/mol. The van der Waals surface area contributed by atoms with E-state index in [1.807, 2.05) is 6.07 Å². The van der Waals surface area contributed by atoms with Gasteiger partial charge in [-0.2, -0.15) is 0 Å². The molecule has 0 unspecified atom stereocenters. The van der Waals surface area contributed by atoms with Gasteiger partial charge in [-0.1, -0.05) is 18.2 Å². The van der Waals surface area contributed by atoms with Crippen molar-refractivity contribution in [2.45, 2.75) is 20.0 Å². The number of hydrogen-bond donors (Lipinski definition) is 1. The van der Waals surface area contributed by atoms with Crippen molar-refractivity contribution in [3.05, 3.63) is 65.6 Å². The molecule has 29 heavy (non-hydrogen) atoms. The van der Waals surface area contributed by atoms with Crippen molar-refractivity contribution in [3.63, 3.8) is 0 Å². The Hall–Kier alpha value is -3.74. The fourth-order valence-electron chi connectivity index (χ4n) is 3.17. The number of para-hydroxylation sites is 1. The molecular formula is C22H18O7. The molecule has 0 bridgehead atoms. The van der Waals surface area contributed by atoms with Crippen LogP contribution in [0.4, 0.5) is 0 Å². The van der Waals surface area contributed by atoms with Crippen molar-refractivity contribution in [1.82, 2.24) is 0 Å². The van der Waals surface area contributed by atoms with Gasteiger partial charge in [-0.05, 0) is 25.1 Å². The van der Waals surface area contributed by atoms with Gasteiger partial charge >= 0.3 is 11.9 Å². The topological polar surface area (TPSA) is 99.1 Å². The Morgan fingerprint density at radius 2 is 1.86 bits per heavy atom. The predicted octanol–water partition coefficient (Wildman–Crippen LogP) is 4.35.